The lowest BCUT2D eigenvalue weighted by atomic mass is 10.3. The Labute approximate surface area is 219 Å². The van der Waals surface area contributed by atoms with Crippen LogP contribution in [0.5, 0.6) is 11.5 Å². The lowest BCUT2D eigenvalue weighted by Crippen LogP contribution is -2.24. The van der Waals surface area contributed by atoms with Gasteiger partial charge in [-0.2, -0.15) is 5.10 Å². The third-order valence-electron chi connectivity index (χ3n) is 5.56. The molecule has 0 bridgehead atoms. The molecule has 0 aliphatic carbocycles. The number of rotatable bonds is 9. The molecule has 0 unspecified atom stereocenters. The number of anilines is 2. The first-order valence-corrected chi connectivity index (χ1v) is 13.2. The highest BCUT2D eigenvalue weighted by atomic mass is 31.2. The number of aromatic nitrogens is 2. The second kappa shape index (κ2) is 10.6. The van der Waals surface area contributed by atoms with Gasteiger partial charge in [-0.3, -0.25) is 10.1 Å². The van der Waals surface area contributed by atoms with E-state index in [1.54, 1.807) is 115 Å². The average molecular weight is 526 g/mol. The van der Waals surface area contributed by atoms with Crippen LogP contribution < -0.4 is 13.7 Å². The number of nitro groups is 1. The van der Waals surface area contributed by atoms with Gasteiger partial charge in [0.15, 0.2) is 0 Å². The van der Waals surface area contributed by atoms with Crippen LogP contribution in [0.2, 0.25) is 0 Å². The Morgan fingerprint density at radius 1 is 0.763 bits per heavy atom. The van der Waals surface area contributed by atoms with E-state index in [1.807, 2.05) is 6.07 Å². The Balaban J connectivity index is 1.81. The smallest absolute Gasteiger partial charge is 0.400 e. The maximum atomic E-state index is 15.0. The van der Waals surface area contributed by atoms with E-state index in [0.717, 1.165) is 0 Å². The van der Waals surface area contributed by atoms with Gasteiger partial charge < -0.3 is 9.05 Å². The van der Waals surface area contributed by atoms with Gasteiger partial charge in [0.1, 0.15) is 17.2 Å². The fourth-order valence-electron chi connectivity index (χ4n) is 3.94. The van der Waals surface area contributed by atoms with Gasteiger partial charge in [-0.25, -0.2) is 13.9 Å². The standard InChI is InChI=1S/C28H23N4O5P/c1-22-27(32(33)34)28(30(29-22)23-14-6-2-7-15-23)31(24-16-8-3-9-17-24)38(35,36-25-18-10-4-11-19-25)37-26-20-12-5-13-21-26/h2-21H,1H3. The van der Waals surface area contributed by atoms with Crippen molar-refractivity contribution in [3.63, 3.8) is 0 Å². The predicted octanol–water partition coefficient (Wildman–Crippen LogP) is 7.49. The minimum atomic E-state index is -4.45. The summed E-state index contributed by atoms with van der Waals surface area (Å²) in [5.74, 6) is 0.454. The molecule has 0 saturated heterocycles. The largest absolute Gasteiger partial charge is 0.550 e. The maximum absolute atomic E-state index is 15.0. The van der Waals surface area contributed by atoms with Gasteiger partial charge in [-0.15, -0.1) is 0 Å². The van der Waals surface area contributed by atoms with E-state index < -0.39 is 12.7 Å². The number of hydrogen-bond donors (Lipinski definition) is 0. The highest BCUT2D eigenvalue weighted by Crippen LogP contribution is 2.59. The van der Waals surface area contributed by atoms with Crippen molar-refractivity contribution < 1.29 is 18.5 Å². The summed E-state index contributed by atoms with van der Waals surface area (Å²) in [5.41, 5.74) is 0.695. The molecule has 1 aromatic heterocycles. The highest BCUT2D eigenvalue weighted by Gasteiger charge is 2.46. The summed E-state index contributed by atoms with van der Waals surface area (Å²) in [5, 5.41) is 16.9. The van der Waals surface area contributed by atoms with Crippen molar-refractivity contribution in [2.45, 2.75) is 6.92 Å². The summed E-state index contributed by atoms with van der Waals surface area (Å²) >= 11 is 0. The van der Waals surface area contributed by atoms with E-state index in [0.29, 0.717) is 11.4 Å². The Morgan fingerprint density at radius 3 is 1.68 bits per heavy atom. The molecule has 0 N–H and O–H groups in total. The summed E-state index contributed by atoms with van der Waals surface area (Å²) < 4.78 is 29.9. The Hall–Kier alpha value is -4.88. The van der Waals surface area contributed by atoms with Crippen LogP contribution in [0.1, 0.15) is 5.69 Å². The maximum Gasteiger partial charge on any atom is 0.550 e. The SMILES string of the molecule is Cc1nn(-c2ccccc2)c(N(c2ccccc2)P(=O)(Oc2ccccc2)Oc2ccccc2)c1[N+](=O)[O-]. The van der Waals surface area contributed by atoms with E-state index >= 15 is 4.57 Å². The van der Waals surface area contributed by atoms with Gasteiger partial charge in [0.05, 0.1) is 16.3 Å². The molecular formula is C28H23N4O5P. The molecule has 190 valence electrons. The van der Waals surface area contributed by atoms with Crippen molar-refractivity contribution in [1.82, 2.24) is 9.78 Å². The van der Waals surface area contributed by atoms with Crippen LogP contribution in [0.15, 0.2) is 121 Å². The first-order chi connectivity index (χ1) is 18.5. The monoisotopic (exact) mass is 526 g/mol. The minimum Gasteiger partial charge on any atom is -0.400 e. The molecule has 4 aromatic carbocycles. The number of nitrogens with zero attached hydrogens (tertiary/aromatic N) is 4. The van der Waals surface area contributed by atoms with E-state index in [2.05, 4.69) is 5.10 Å². The lowest BCUT2D eigenvalue weighted by molar-refractivity contribution is -0.384. The van der Waals surface area contributed by atoms with Crippen LogP contribution in [0.3, 0.4) is 0 Å². The van der Waals surface area contributed by atoms with Crippen LogP contribution in [-0.4, -0.2) is 14.7 Å². The van der Waals surface area contributed by atoms with E-state index in [4.69, 9.17) is 9.05 Å². The molecule has 0 aliphatic heterocycles. The van der Waals surface area contributed by atoms with Gasteiger partial charge in [0.25, 0.3) is 0 Å². The molecule has 0 amide bonds. The van der Waals surface area contributed by atoms with Crippen LogP contribution in [0.4, 0.5) is 17.2 Å². The molecule has 5 aromatic rings. The molecule has 0 radical (unpaired) electrons. The predicted molar refractivity (Wildman–Crippen MR) is 145 cm³/mol. The fraction of sp³-hybridized carbons (Fsp3) is 0.0357. The molecule has 0 aliphatic rings. The summed E-state index contributed by atoms with van der Waals surface area (Å²) in [4.78, 5) is 11.9. The molecule has 5 rings (SSSR count). The van der Waals surface area contributed by atoms with Gasteiger partial charge in [-0.05, 0) is 55.5 Å². The van der Waals surface area contributed by atoms with Crippen LogP contribution in [0, 0.1) is 17.0 Å². The van der Waals surface area contributed by atoms with Crippen molar-refractivity contribution in [2.24, 2.45) is 0 Å². The van der Waals surface area contributed by atoms with Crippen LogP contribution in [-0.2, 0) is 4.57 Å². The van der Waals surface area contributed by atoms with Crippen molar-refractivity contribution >= 4 is 24.9 Å². The Morgan fingerprint density at radius 2 is 1.21 bits per heavy atom. The van der Waals surface area contributed by atoms with Crippen LogP contribution in [0.25, 0.3) is 5.69 Å². The van der Waals surface area contributed by atoms with Crippen molar-refractivity contribution in [2.75, 3.05) is 4.67 Å². The summed E-state index contributed by atoms with van der Waals surface area (Å²) in [6, 6.07) is 34.6. The number of aryl methyl sites for hydroxylation is 1. The normalized spacial score (nSPS) is 11.1. The average Bonchev–Trinajstić information content (AvgIpc) is 3.27. The molecule has 38 heavy (non-hydrogen) atoms. The first kappa shape index (κ1) is 24.8. The van der Waals surface area contributed by atoms with E-state index in [1.165, 1.54) is 16.3 Å². The van der Waals surface area contributed by atoms with Crippen LogP contribution >= 0.6 is 7.75 Å². The van der Waals surface area contributed by atoms with E-state index in [-0.39, 0.29) is 28.7 Å². The highest BCUT2D eigenvalue weighted by molar-refractivity contribution is 7.57. The number of benzene rings is 4. The van der Waals surface area contributed by atoms with E-state index in [9.17, 15) is 10.1 Å². The second-order valence-electron chi connectivity index (χ2n) is 8.19. The molecule has 9 nitrogen and oxygen atoms in total. The summed E-state index contributed by atoms with van der Waals surface area (Å²) in [6.07, 6.45) is 0. The first-order valence-electron chi connectivity index (χ1n) is 11.7. The third kappa shape index (κ3) is 5.00. The molecule has 0 fully saturated rings. The van der Waals surface area contributed by atoms with Gasteiger partial charge in [-0.1, -0.05) is 72.8 Å². The molecule has 0 spiro atoms. The topological polar surface area (TPSA) is 99.7 Å². The minimum absolute atomic E-state index is 0.0694. The Bertz CT molecular complexity index is 1530. The molecule has 10 heteroatoms. The Kier molecular flexibility index (Phi) is 6.93. The van der Waals surface area contributed by atoms with Gasteiger partial charge in [0, 0.05) is 0 Å². The van der Waals surface area contributed by atoms with Crippen molar-refractivity contribution in [3.8, 4) is 17.2 Å². The fourth-order valence-corrected chi connectivity index (χ4v) is 5.74. The van der Waals surface area contributed by atoms with Gasteiger partial charge >= 0.3 is 13.4 Å². The second-order valence-corrected chi connectivity index (χ2v) is 9.89. The van der Waals surface area contributed by atoms with Crippen molar-refractivity contribution in [1.29, 1.82) is 0 Å². The zero-order valence-electron chi connectivity index (χ0n) is 20.3. The number of para-hydroxylation sites is 4. The lowest BCUT2D eigenvalue weighted by Gasteiger charge is -2.31. The molecule has 0 atom stereocenters. The van der Waals surface area contributed by atoms with Gasteiger partial charge in [0.2, 0.25) is 5.82 Å². The third-order valence-corrected chi connectivity index (χ3v) is 7.36. The molecule has 0 saturated carbocycles. The zero-order valence-corrected chi connectivity index (χ0v) is 21.2. The number of hydrogen-bond acceptors (Lipinski definition) is 6. The molecule has 1 heterocycles. The van der Waals surface area contributed by atoms with Crippen molar-refractivity contribution in [3.05, 3.63) is 137 Å². The zero-order chi connectivity index (χ0) is 26.5. The summed E-state index contributed by atoms with van der Waals surface area (Å²) in [6.45, 7) is 1.53. The molecular weight excluding hydrogens is 503 g/mol. The quantitative estimate of drug-likeness (QED) is 0.111. The summed E-state index contributed by atoms with van der Waals surface area (Å²) in [7, 11) is -4.45.